The highest BCUT2D eigenvalue weighted by Crippen LogP contribution is 2.23. The van der Waals surface area contributed by atoms with Gasteiger partial charge < -0.3 is 18.9 Å². The van der Waals surface area contributed by atoms with Gasteiger partial charge in [0.25, 0.3) is 5.89 Å². The van der Waals surface area contributed by atoms with Gasteiger partial charge in [-0.15, -0.1) is 10.2 Å². The smallest absolute Gasteiger partial charge is 0.278 e. The summed E-state index contributed by atoms with van der Waals surface area (Å²) in [6.45, 7) is 3.04. The first-order valence-electron chi connectivity index (χ1n) is 7.98. The Morgan fingerprint density at radius 2 is 1.80 bits per heavy atom. The fraction of sp³-hybridized carbons (Fsp3) is 0.294. The van der Waals surface area contributed by atoms with E-state index in [-0.39, 0.29) is 0 Å². The zero-order valence-electron chi connectivity index (χ0n) is 13.8. The van der Waals surface area contributed by atoms with Crippen molar-refractivity contribution in [2.75, 3.05) is 38.3 Å². The number of aromatic nitrogens is 4. The second-order valence-corrected chi connectivity index (χ2v) is 5.53. The fourth-order valence-corrected chi connectivity index (χ4v) is 2.59. The summed E-state index contributed by atoms with van der Waals surface area (Å²) in [7, 11) is 1.63. The summed E-state index contributed by atoms with van der Waals surface area (Å²) in [6.07, 6.45) is 0. The van der Waals surface area contributed by atoms with Gasteiger partial charge in [0, 0.05) is 18.7 Å². The van der Waals surface area contributed by atoms with Crippen LogP contribution < -0.4 is 9.64 Å². The monoisotopic (exact) mass is 339 g/mol. The summed E-state index contributed by atoms with van der Waals surface area (Å²) < 4.78 is 15.8. The topological polar surface area (TPSA) is 86.4 Å². The molecule has 0 amide bonds. The number of ether oxygens (including phenoxy) is 2. The molecule has 1 aromatic carbocycles. The number of hydrogen-bond acceptors (Lipinski definition) is 8. The van der Waals surface area contributed by atoms with Crippen LogP contribution in [0.3, 0.4) is 0 Å². The summed E-state index contributed by atoms with van der Waals surface area (Å²) in [5.74, 6) is 2.43. The van der Waals surface area contributed by atoms with Crippen LogP contribution in [0.4, 0.5) is 5.82 Å². The molecule has 0 aliphatic carbocycles. The molecular weight excluding hydrogens is 322 g/mol. The van der Waals surface area contributed by atoms with Crippen LogP contribution in [-0.4, -0.2) is 53.8 Å². The number of morpholine rings is 1. The predicted molar refractivity (Wildman–Crippen MR) is 90.3 cm³/mol. The molecule has 0 bridgehead atoms. The van der Waals surface area contributed by atoms with E-state index in [0.29, 0.717) is 30.6 Å². The van der Waals surface area contributed by atoms with Crippen molar-refractivity contribution in [3.8, 4) is 28.7 Å². The largest absolute Gasteiger partial charge is 0.497 e. The Morgan fingerprint density at radius 1 is 1.00 bits per heavy atom. The van der Waals surface area contributed by atoms with Gasteiger partial charge in [-0.25, -0.2) is 0 Å². The molecule has 1 saturated heterocycles. The SMILES string of the molecule is COc1ccc(-c2noc(-c3ccc(N4CCOCC4)nn3)n2)cc1. The normalized spacial score (nSPS) is 14.5. The van der Waals surface area contributed by atoms with Crippen LogP contribution in [-0.2, 0) is 4.74 Å². The van der Waals surface area contributed by atoms with E-state index < -0.39 is 0 Å². The van der Waals surface area contributed by atoms with Crippen LogP contribution in [0.25, 0.3) is 23.0 Å². The lowest BCUT2D eigenvalue weighted by molar-refractivity contribution is 0.122. The third kappa shape index (κ3) is 3.29. The molecule has 4 rings (SSSR count). The summed E-state index contributed by atoms with van der Waals surface area (Å²) >= 11 is 0. The van der Waals surface area contributed by atoms with Gasteiger partial charge in [0.05, 0.1) is 20.3 Å². The first-order chi connectivity index (χ1) is 12.3. The highest BCUT2D eigenvalue weighted by Gasteiger charge is 2.15. The Morgan fingerprint density at radius 3 is 2.48 bits per heavy atom. The molecular formula is C17H17N5O3. The van der Waals surface area contributed by atoms with Gasteiger partial charge in [0.2, 0.25) is 5.82 Å². The molecule has 2 aromatic heterocycles. The lowest BCUT2D eigenvalue weighted by Crippen LogP contribution is -2.36. The Hall–Kier alpha value is -3.00. The molecule has 0 N–H and O–H groups in total. The molecule has 0 spiro atoms. The summed E-state index contributed by atoms with van der Waals surface area (Å²) in [5, 5.41) is 12.5. The van der Waals surface area contributed by atoms with Gasteiger partial charge in [-0.1, -0.05) is 5.16 Å². The quantitative estimate of drug-likeness (QED) is 0.714. The van der Waals surface area contributed by atoms with Gasteiger partial charge >= 0.3 is 0 Å². The van der Waals surface area contributed by atoms with Gasteiger partial charge in [-0.2, -0.15) is 4.98 Å². The number of nitrogens with zero attached hydrogens (tertiary/aromatic N) is 5. The second kappa shape index (κ2) is 6.86. The van der Waals surface area contributed by atoms with Crippen molar-refractivity contribution < 1.29 is 14.0 Å². The van der Waals surface area contributed by atoms with E-state index in [2.05, 4.69) is 25.2 Å². The Labute approximate surface area is 144 Å². The molecule has 1 fully saturated rings. The second-order valence-electron chi connectivity index (χ2n) is 5.53. The van der Waals surface area contributed by atoms with Crippen molar-refractivity contribution in [1.82, 2.24) is 20.3 Å². The number of anilines is 1. The van der Waals surface area contributed by atoms with E-state index in [1.807, 2.05) is 36.4 Å². The third-order valence-corrected chi connectivity index (χ3v) is 3.98. The maximum atomic E-state index is 5.34. The van der Waals surface area contributed by atoms with E-state index in [4.69, 9.17) is 14.0 Å². The molecule has 0 radical (unpaired) electrons. The van der Waals surface area contributed by atoms with E-state index in [1.54, 1.807) is 7.11 Å². The number of methoxy groups -OCH3 is 1. The highest BCUT2D eigenvalue weighted by atomic mass is 16.5. The number of benzene rings is 1. The van der Waals surface area contributed by atoms with Crippen LogP contribution in [0.5, 0.6) is 5.75 Å². The molecule has 8 nitrogen and oxygen atoms in total. The average molecular weight is 339 g/mol. The van der Waals surface area contributed by atoms with Crippen molar-refractivity contribution in [2.24, 2.45) is 0 Å². The van der Waals surface area contributed by atoms with Crippen molar-refractivity contribution in [3.05, 3.63) is 36.4 Å². The minimum Gasteiger partial charge on any atom is -0.497 e. The molecule has 25 heavy (non-hydrogen) atoms. The summed E-state index contributed by atoms with van der Waals surface area (Å²) in [4.78, 5) is 6.53. The Bertz CT molecular complexity index is 826. The molecule has 0 saturated carbocycles. The third-order valence-electron chi connectivity index (χ3n) is 3.98. The van der Waals surface area contributed by atoms with E-state index in [9.17, 15) is 0 Å². The van der Waals surface area contributed by atoms with Gasteiger partial charge in [-0.3, -0.25) is 0 Å². The minimum absolute atomic E-state index is 0.340. The van der Waals surface area contributed by atoms with Crippen LogP contribution in [0.1, 0.15) is 0 Å². The van der Waals surface area contributed by atoms with Gasteiger partial charge in [0.15, 0.2) is 11.5 Å². The molecule has 1 aliphatic rings. The average Bonchev–Trinajstić information content (AvgIpc) is 3.19. The van der Waals surface area contributed by atoms with Crippen LogP contribution in [0.15, 0.2) is 40.9 Å². The first-order valence-corrected chi connectivity index (χ1v) is 7.98. The van der Waals surface area contributed by atoms with Crippen molar-refractivity contribution in [2.45, 2.75) is 0 Å². The van der Waals surface area contributed by atoms with Gasteiger partial charge in [0.1, 0.15) is 5.75 Å². The van der Waals surface area contributed by atoms with Crippen molar-refractivity contribution in [3.63, 3.8) is 0 Å². The van der Waals surface area contributed by atoms with Crippen LogP contribution >= 0.6 is 0 Å². The number of rotatable bonds is 4. The fourth-order valence-electron chi connectivity index (χ4n) is 2.59. The standard InChI is InChI=1S/C17H17N5O3/c1-23-13-4-2-12(3-5-13)16-18-17(25-21-16)14-6-7-15(20-19-14)22-8-10-24-11-9-22/h2-7H,8-11H2,1H3. The van der Waals surface area contributed by atoms with Crippen LogP contribution in [0, 0.1) is 0 Å². The Balaban J connectivity index is 1.53. The molecule has 0 unspecified atom stereocenters. The summed E-state index contributed by atoms with van der Waals surface area (Å²) in [5.41, 5.74) is 1.39. The zero-order chi connectivity index (χ0) is 17.1. The van der Waals surface area contributed by atoms with Crippen molar-refractivity contribution in [1.29, 1.82) is 0 Å². The van der Waals surface area contributed by atoms with E-state index >= 15 is 0 Å². The molecule has 128 valence electrons. The van der Waals surface area contributed by atoms with E-state index in [1.165, 1.54) is 0 Å². The first kappa shape index (κ1) is 15.5. The molecule has 3 aromatic rings. The summed E-state index contributed by atoms with van der Waals surface area (Å²) in [6, 6.07) is 11.2. The predicted octanol–water partition coefficient (Wildman–Crippen LogP) is 2.04. The van der Waals surface area contributed by atoms with Gasteiger partial charge in [-0.05, 0) is 36.4 Å². The number of hydrogen-bond donors (Lipinski definition) is 0. The molecule has 3 heterocycles. The van der Waals surface area contributed by atoms with Crippen LogP contribution in [0.2, 0.25) is 0 Å². The lowest BCUT2D eigenvalue weighted by Gasteiger charge is -2.27. The minimum atomic E-state index is 0.340. The maximum Gasteiger partial charge on any atom is 0.278 e. The Kier molecular flexibility index (Phi) is 4.26. The zero-order valence-corrected chi connectivity index (χ0v) is 13.8. The van der Waals surface area contributed by atoms with Crippen molar-refractivity contribution >= 4 is 5.82 Å². The maximum absolute atomic E-state index is 5.34. The lowest BCUT2D eigenvalue weighted by atomic mass is 10.2. The molecule has 0 atom stereocenters. The highest BCUT2D eigenvalue weighted by molar-refractivity contribution is 5.59. The van der Waals surface area contributed by atoms with E-state index in [0.717, 1.165) is 30.2 Å². The molecule has 8 heteroatoms. The molecule has 1 aliphatic heterocycles.